The normalized spacial score (nSPS) is 10.8. The summed E-state index contributed by atoms with van der Waals surface area (Å²) in [5.41, 5.74) is -0.0658. The van der Waals surface area contributed by atoms with Crippen molar-refractivity contribution >= 4 is 28.4 Å². The molecule has 2 N–H and O–H groups in total. The molecular formula is C16H19ClN2O3. The van der Waals surface area contributed by atoms with Crippen LogP contribution in [-0.4, -0.2) is 28.0 Å². The van der Waals surface area contributed by atoms with Gasteiger partial charge in [0.2, 0.25) is 0 Å². The van der Waals surface area contributed by atoms with E-state index in [0.717, 1.165) is 12.8 Å². The maximum absolute atomic E-state index is 12.6. The number of nitrogens with zero attached hydrogens (tertiary/aromatic N) is 1. The molecule has 118 valence electrons. The third kappa shape index (κ3) is 3.09. The zero-order valence-corrected chi connectivity index (χ0v) is 13.2. The first kappa shape index (κ1) is 16.4. The van der Waals surface area contributed by atoms with Gasteiger partial charge in [-0.2, -0.15) is 0 Å². The minimum atomic E-state index is -0.598. The number of rotatable bonds is 6. The molecule has 1 aromatic heterocycles. The van der Waals surface area contributed by atoms with Gasteiger partial charge in [0.25, 0.3) is 11.5 Å². The van der Waals surface area contributed by atoms with Crippen molar-refractivity contribution in [1.82, 2.24) is 9.88 Å². The molecule has 0 saturated heterocycles. The first-order chi connectivity index (χ1) is 10.6. The largest absolute Gasteiger partial charge is 0.506 e. The van der Waals surface area contributed by atoms with Gasteiger partial charge < -0.3 is 15.0 Å². The number of aromatic hydroxyl groups is 1. The van der Waals surface area contributed by atoms with E-state index in [1.165, 1.54) is 0 Å². The molecule has 0 aliphatic heterocycles. The molecule has 0 atom stereocenters. The van der Waals surface area contributed by atoms with Gasteiger partial charge in [0.15, 0.2) is 0 Å². The lowest BCUT2D eigenvalue weighted by Crippen LogP contribution is -2.34. The lowest BCUT2D eigenvalue weighted by molar-refractivity contribution is 0.0951. The second-order valence-corrected chi connectivity index (χ2v) is 5.37. The zero-order valence-electron chi connectivity index (χ0n) is 12.4. The molecule has 5 nitrogen and oxygen atoms in total. The monoisotopic (exact) mass is 322 g/mol. The first-order valence-electron chi connectivity index (χ1n) is 7.30. The fourth-order valence-electron chi connectivity index (χ4n) is 2.38. The topological polar surface area (TPSA) is 71.3 Å². The van der Waals surface area contributed by atoms with E-state index in [-0.39, 0.29) is 23.7 Å². The van der Waals surface area contributed by atoms with Crippen molar-refractivity contribution in [3.63, 3.8) is 0 Å². The summed E-state index contributed by atoms with van der Waals surface area (Å²) in [6, 6.07) is 7.03. The van der Waals surface area contributed by atoms with Crippen LogP contribution in [0.5, 0.6) is 5.75 Å². The molecule has 0 unspecified atom stereocenters. The van der Waals surface area contributed by atoms with Crippen molar-refractivity contribution in [2.45, 2.75) is 26.3 Å². The highest BCUT2D eigenvalue weighted by molar-refractivity contribution is 6.18. The van der Waals surface area contributed by atoms with Crippen LogP contribution in [0, 0.1) is 0 Å². The van der Waals surface area contributed by atoms with Gasteiger partial charge in [-0.3, -0.25) is 9.59 Å². The Morgan fingerprint density at radius 1 is 1.36 bits per heavy atom. The molecule has 2 rings (SSSR count). The fraction of sp³-hybridized carbons (Fsp3) is 0.375. The van der Waals surface area contributed by atoms with E-state index in [2.05, 4.69) is 5.32 Å². The van der Waals surface area contributed by atoms with Crippen LogP contribution in [0.1, 0.15) is 30.1 Å². The van der Waals surface area contributed by atoms with Gasteiger partial charge in [-0.1, -0.05) is 25.5 Å². The number of hydrogen-bond acceptors (Lipinski definition) is 3. The van der Waals surface area contributed by atoms with Crippen LogP contribution in [0.15, 0.2) is 29.1 Å². The molecule has 0 spiro atoms. The molecule has 1 amide bonds. The summed E-state index contributed by atoms with van der Waals surface area (Å²) in [5.74, 6) is -0.635. The molecule has 1 heterocycles. The van der Waals surface area contributed by atoms with E-state index >= 15 is 0 Å². The van der Waals surface area contributed by atoms with E-state index in [1.807, 2.05) is 6.92 Å². The summed E-state index contributed by atoms with van der Waals surface area (Å²) in [6.07, 6.45) is 1.74. The minimum Gasteiger partial charge on any atom is -0.506 e. The summed E-state index contributed by atoms with van der Waals surface area (Å²) in [6.45, 7) is 2.77. The second-order valence-electron chi connectivity index (χ2n) is 5.00. The Morgan fingerprint density at radius 2 is 2.09 bits per heavy atom. The number of hydrogen-bond donors (Lipinski definition) is 2. The van der Waals surface area contributed by atoms with Crippen LogP contribution in [0.4, 0.5) is 0 Å². The van der Waals surface area contributed by atoms with Crippen molar-refractivity contribution in [3.05, 3.63) is 40.2 Å². The predicted octanol–water partition coefficient (Wildman–Crippen LogP) is 2.48. The number of aryl methyl sites for hydroxylation is 1. The van der Waals surface area contributed by atoms with Crippen LogP contribution in [0.2, 0.25) is 0 Å². The number of halogens is 1. The van der Waals surface area contributed by atoms with Gasteiger partial charge in [0.1, 0.15) is 11.3 Å². The average Bonchev–Trinajstić information content (AvgIpc) is 2.53. The minimum absolute atomic E-state index is 0.222. The predicted molar refractivity (Wildman–Crippen MR) is 87.8 cm³/mol. The molecule has 0 radical (unpaired) electrons. The van der Waals surface area contributed by atoms with Crippen molar-refractivity contribution in [2.75, 3.05) is 12.4 Å². The number of nitrogens with one attached hydrogen (secondary N) is 1. The summed E-state index contributed by atoms with van der Waals surface area (Å²) in [5, 5.41) is 13.4. The van der Waals surface area contributed by atoms with Crippen molar-refractivity contribution < 1.29 is 9.90 Å². The zero-order chi connectivity index (χ0) is 16.1. The lowest BCUT2D eigenvalue weighted by Gasteiger charge is -2.14. The number of pyridine rings is 1. The van der Waals surface area contributed by atoms with E-state index in [0.29, 0.717) is 17.4 Å². The average molecular weight is 323 g/mol. The SMILES string of the molecule is CCCCn1c(=O)c(C(=O)NCCCl)c(O)c2ccccc21. The van der Waals surface area contributed by atoms with Crippen LogP contribution >= 0.6 is 11.6 Å². The molecular weight excluding hydrogens is 304 g/mol. The molecule has 2 aromatic rings. The first-order valence-corrected chi connectivity index (χ1v) is 7.84. The van der Waals surface area contributed by atoms with E-state index in [9.17, 15) is 14.7 Å². The summed E-state index contributed by atoms with van der Waals surface area (Å²) < 4.78 is 1.55. The third-order valence-corrected chi connectivity index (χ3v) is 3.68. The lowest BCUT2D eigenvalue weighted by atomic mass is 10.1. The molecule has 0 bridgehead atoms. The highest BCUT2D eigenvalue weighted by atomic mass is 35.5. The number of benzene rings is 1. The van der Waals surface area contributed by atoms with Gasteiger partial charge in [0, 0.05) is 24.4 Å². The fourth-order valence-corrected chi connectivity index (χ4v) is 2.48. The second kappa shape index (κ2) is 7.31. The van der Waals surface area contributed by atoms with Gasteiger partial charge in [-0.05, 0) is 18.6 Å². The molecule has 0 fully saturated rings. The smallest absolute Gasteiger partial charge is 0.267 e. The number of carbonyl (C=O) groups is 1. The summed E-state index contributed by atoms with van der Waals surface area (Å²) in [7, 11) is 0. The molecule has 0 aliphatic rings. The molecule has 6 heteroatoms. The Morgan fingerprint density at radius 3 is 2.77 bits per heavy atom. The molecule has 0 aliphatic carbocycles. The van der Waals surface area contributed by atoms with Crippen molar-refractivity contribution in [3.8, 4) is 5.75 Å². The maximum atomic E-state index is 12.6. The van der Waals surface area contributed by atoms with Crippen molar-refractivity contribution in [1.29, 1.82) is 0 Å². The number of unbranched alkanes of at least 4 members (excludes halogenated alkanes) is 1. The number of amides is 1. The Kier molecular flexibility index (Phi) is 5.44. The van der Waals surface area contributed by atoms with Crippen LogP contribution in [0.3, 0.4) is 0 Å². The molecule has 22 heavy (non-hydrogen) atoms. The van der Waals surface area contributed by atoms with Crippen LogP contribution in [-0.2, 0) is 6.54 Å². The Bertz CT molecular complexity index is 740. The number of carbonyl (C=O) groups excluding carboxylic acids is 1. The van der Waals surface area contributed by atoms with Gasteiger partial charge in [0.05, 0.1) is 5.52 Å². The van der Waals surface area contributed by atoms with E-state index in [1.54, 1.807) is 28.8 Å². The summed E-state index contributed by atoms with van der Waals surface area (Å²) >= 11 is 5.55. The maximum Gasteiger partial charge on any atom is 0.267 e. The quantitative estimate of drug-likeness (QED) is 0.803. The Labute approximate surface area is 133 Å². The number of alkyl halides is 1. The third-order valence-electron chi connectivity index (χ3n) is 3.49. The van der Waals surface area contributed by atoms with Crippen LogP contribution < -0.4 is 10.9 Å². The van der Waals surface area contributed by atoms with Crippen LogP contribution in [0.25, 0.3) is 10.9 Å². The van der Waals surface area contributed by atoms with E-state index < -0.39 is 11.5 Å². The number of fused-ring (bicyclic) bond motifs is 1. The highest BCUT2D eigenvalue weighted by Crippen LogP contribution is 2.26. The number of para-hydroxylation sites is 1. The van der Waals surface area contributed by atoms with E-state index in [4.69, 9.17) is 11.6 Å². The van der Waals surface area contributed by atoms with Gasteiger partial charge in [-0.15, -0.1) is 11.6 Å². The number of aromatic nitrogens is 1. The van der Waals surface area contributed by atoms with Gasteiger partial charge >= 0.3 is 0 Å². The Balaban J connectivity index is 2.65. The standard InChI is InChI=1S/C16H19ClN2O3/c1-2-3-10-19-12-7-5-4-6-11(12)14(20)13(16(19)22)15(21)18-9-8-17/h4-7,20H,2-3,8-10H2,1H3,(H,18,21). The Hall–Kier alpha value is -2.01. The summed E-state index contributed by atoms with van der Waals surface area (Å²) in [4.78, 5) is 24.8. The van der Waals surface area contributed by atoms with Crippen molar-refractivity contribution in [2.24, 2.45) is 0 Å². The highest BCUT2D eigenvalue weighted by Gasteiger charge is 2.21. The molecule has 0 saturated carbocycles. The molecule has 1 aromatic carbocycles. The van der Waals surface area contributed by atoms with Gasteiger partial charge in [-0.25, -0.2) is 0 Å².